The van der Waals surface area contributed by atoms with E-state index in [4.69, 9.17) is 15.2 Å². The van der Waals surface area contributed by atoms with Gasteiger partial charge in [-0.2, -0.15) is 0 Å². The van der Waals surface area contributed by atoms with Gasteiger partial charge in [0.1, 0.15) is 12.4 Å². The van der Waals surface area contributed by atoms with E-state index in [1.54, 1.807) is 0 Å². The van der Waals surface area contributed by atoms with Gasteiger partial charge in [-0.1, -0.05) is 6.07 Å². The summed E-state index contributed by atoms with van der Waals surface area (Å²) in [6.45, 7) is 3.45. The largest absolute Gasteiger partial charge is 0.490 e. The summed E-state index contributed by atoms with van der Waals surface area (Å²) < 4.78 is 12.4. The van der Waals surface area contributed by atoms with Crippen LogP contribution in [-0.4, -0.2) is 19.3 Å². The quantitative estimate of drug-likeness (QED) is 0.926. The van der Waals surface area contributed by atoms with E-state index < -0.39 is 0 Å². The highest BCUT2D eigenvalue weighted by atomic mass is 79.9. The minimum atomic E-state index is 0.0389. The average molecular weight is 314 g/mol. The summed E-state index contributed by atoms with van der Waals surface area (Å²) >= 11 is 3.52. The Morgan fingerprint density at radius 3 is 2.94 bits per heavy atom. The smallest absolute Gasteiger partial charge is 0.133 e. The molecule has 100 valence electrons. The van der Waals surface area contributed by atoms with Crippen molar-refractivity contribution in [3.05, 3.63) is 28.2 Å². The second-order valence-corrected chi connectivity index (χ2v) is 5.63. The molecule has 1 saturated heterocycles. The zero-order chi connectivity index (χ0) is 13.0. The molecule has 0 saturated carbocycles. The topological polar surface area (TPSA) is 44.5 Å². The van der Waals surface area contributed by atoms with Crippen molar-refractivity contribution in [2.75, 3.05) is 13.2 Å². The van der Waals surface area contributed by atoms with Gasteiger partial charge in [0.15, 0.2) is 0 Å². The molecule has 1 aromatic carbocycles. The van der Waals surface area contributed by atoms with Crippen molar-refractivity contribution in [2.45, 2.75) is 38.3 Å². The fourth-order valence-electron chi connectivity index (χ4n) is 2.04. The normalized spacial score (nSPS) is 21.6. The molecule has 1 heterocycles. The lowest BCUT2D eigenvalue weighted by atomic mass is 10.1. The summed E-state index contributed by atoms with van der Waals surface area (Å²) in [5, 5.41) is 0. The van der Waals surface area contributed by atoms with Crippen LogP contribution in [-0.2, 0) is 4.74 Å². The highest BCUT2D eigenvalue weighted by molar-refractivity contribution is 9.10. The molecule has 1 aromatic rings. The summed E-state index contributed by atoms with van der Waals surface area (Å²) in [6, 6.07) is 6.02. The third-order valence-corrected chi connectivity index (χ3v) is 3.80. The predicted octanol–water partition coefficient (Wildman–Crippen LogP) is 3.42. The number of hydrogen-bond acceptors (Lipinski definition) is 3. The summed E-state index contributed by atoms with van der Waals surface area (Å²) in [6.07, 6.45) is 3.73. The zero-order valence-corrected chi connectivity index (χ0v) is 12.3. The zero-order valence-electron chi connectivity index (χ0n) is 10.7. The van der Waals surface area contributed by atoms with Crippen LogP contribution in [0.25, 0.3) is 0 Å². The fraction of sp³-hybridized carbons (Fsp3) is 0.571. The molecular weight excluding hydrogens is 294 g/mol. The third kappa shape index (κ3) is 3.70. The highest BCUT2D eigenvalue weighted by Crippen LogP contribution is 2.28. The molecular formula is C14H20BrNO2. The van der Waals surface area contributed by atoms with Gasteiger partial charge in [0.2, 0.25) is 0 Å². The summed E-state index contributed by atoms with van der Waals surface area (Å²) in [5.41, 5.74) is 6.94. The molecule has 0 aliphatic carbocycles. The average Bonchev–Trinajstić information content (AvgIpc) is 2.38. The van der Waals surface area contributed by atoms with Crippen LogP contribution in [0.5, 0.6) is 5.75 Å². The van der Waals surface area contributed by atoms with Crippen LogP contribution >= 0.6 is 15.9 Å². The van der Waals surface area contributed by atoms with Gasteiger partial charge in [0.25, 0.3) is 0 Å². The lowest BCUT2D eigenvalue weighted by Crippen LogP contribution is -2.25. The third-order valence-electron chi connectivity index (χ3n) is 3.18. The first kappa shape index (κ1) is 13.8. The molecule has 0 amide bonds. The Balaban J connectivity index is 1.92. The molecule has 1 fully saturated rings. The highest BCUT2D eigenvalue weighted by Gasteiger charge is 2.15. The maximum Gasteiger partial charge on any atom is 0.133 e. The Bertz CT molecular complexity index is 389. The first-order chi connectivity index (χ1) is 8.66. The minimum Gasteiger partial charge on any atom is -0.490 e. The van der Waals surface area contributed by atoms with Crippen LogP contribution in [0.1, 0.15) is 37.8 Å². The van der Waals surface area contributed by atoms with E-state index >= 15 is 0 Å². The monoisotopic (exact) mass is 313 g/mol. The molecule has 3 nitrogen and oxygen atoms in total. The minimum absolute atomic E-state index is 0.0389. The van der Waals surface area contributed by atoms with Gasteiger partial charge in [0.05, 0.1) is 10.6 Å². The molecule has 4 heteroatoms. The molecule has 0 spiro atoms. The first-order valence-corrected chi connectivity index (χ1v) is 7.25. The van der Waals surface area contributed by atoms with Crippen LogP contribution in [0.4, 0.5) is 0 Å². The van der Waals surface area contributed by atoms with Crippen LogP contribution in [0.15, 0.2) is 22.7 Å². The Morgan fingerprint density at radius 2 is 2.33 bits per heavy atom. The van der Waals surface area contributed by atoms with Crippen molar-refractivity contribution in [1.82, 2.24) is 0 Å². The SMILES string of the molecule is C[C@@H](N)c1ccc(OCC2CCCCO2)c(Br)c1. The number of rotatable bonds is 4. The van der Waals surface area contributed by atoms with E-state index in [1.165, 1.54) is 12.8 Å². The van der Waals surface area contributed by atoms with Crippen LogP contribution < -0.4 is 10.5 Å². The van der Waals surface area contributed by atoms with Crippen LogP contribution in [0.2, 0.25) is 0 Å². The molecule has 0 aromatic heterocycles. The Morgan fingerprint density at radius 1 is 1.50 bits per heavy atom. The Labute approximate surface area is 117 Å². The molecule has 0 radical (unpaired) electrons. The lowest BCUT2D eigenvalue weighted by molar-refractivity contribution is -0.0112. The summed E-state index contributed by atoms with van der Waals surface area (Å²) in [5.74, 6) is 0.855. The predicted molar refractivity (Wildman–Crippen MR) is 75.8 cm³/mol. The van der Waals surface area contributed by atoms with Gasteiger partial charge >= 0.3 is 0 Å². The van der Waals surface area contributed by atoms with Crippen molar-refractivity contribution in [2.24, 2.45) is 5.73 Å². The fourth-order valence-corrected chi connectivity index (χ4v) is 2.55. The Hall–Kier alpha value is -0.580. The number of ether oxygens (including phenoxy) is 2. The van der Waals surface area contributed by atoms with E-state index in [0.717, 1.165) is 28.8 Å². The van der Waals surface area contributed by atoms with Crippen LogP contribution in [0.3, 0.4) is 0 Å². The molecule has 1 aliphatic rings. The van der Waals surface area contributed by atoms with E-state index in [0.29, 0.717) is 6.61 Å². The molecule has 18 heavy (non-hydrogen) atoms. The molecule has 1 aliphatic heterocycles. The number of hydrogen-bond donors (Lipinski definition) is 1. The van der Waals surface area contributed by atoms with Crippen LogP contribution in [0, 0.1) is 0 Å². The second kappa shape index (κ2) is 6.55. The van der Waals surface area contributed by atoms with E-state index in [-0.39, 0.29) is 12.1 Å². The molecule has 2 rings (SSSR count). The number of nitrogens with two attached hydrogens (primary N) is 1. The van der Waals surface area contributed by atoms with E-state index in [9.17, 15) is 0 Å². The number of halogens is 1. The van der Waals surface area contributed by atoms with Crippen molar-refractivity contribution in [3.63, 3.8) is 0 Å². The summed E-state index contributed by atoms with van der Waals surface area (Å²) in [4.78, 5) is 0. The Kier molecular flexibility index (Phi) is 5.03. The van der Waals surface area contributed by atoms with Gasteiger partial charge in [0, 0.05) is 12.6 Å². The van der Waals surface area contributed by atoms with Crippen molar-refractivity contribution in [3.8, 4) is 5.75 Å². The van der Waals surface area contributed by atoms with Gasteiger partial charge in [-0.05, 0) is 59.8 Å². The van der Waals surface area contributed by atoms with E-state index in [1.807, 2.05) is 25.1 Å². The van der Waals surface area contributed by atoms with Crippen molar-refractivity contribution in [1.29, 1.82) is 0 Å². The molecule has 1 unspecified atom stereocenters. The second-order valence-electron chi connectivity index (χ2n) is 4.78. The first-order valence-electron chi connectivity index (χ1n) is 6.46. The van der Waals surface area contributed by atoms with Gasteiger partial charge in [-0.3, -0.25) is 0 Å². The van der Waals surface area contributed by atoms with Crippen molar-refractivity contribution >= 4 is 15.9 Å². The van der Waals surface area contributed by atoms with E-state index in [2.05, 4.69) is 15.9 Å². The summed E-state index contributed by atoms with van der Waals surface area (Å²) in [7, 11) is 0. The van der Waals surface area contributed by atoms with Crippen molar-refractivity contribution < 1.29 is 9.47 Å². The molecule has 0 bridgehead atoms. The standard InChI is InChI=1S/C14H20BrNO2/c1-10(16)11-5-6-14(13(15)8-11)18-9-12-4-2-3-7-17-12/h5-6,8,10,12H,2-4,7,9,16H2,1H3/t10-,12?/m1/s1. The van der Waals surface area contributed by atoms with Gasteiger partial charge in [-0.15, -0.1) is 0 Å². The molecule has 2 N–H and O–H groups in total. The van der Waals surface area contributed by atoms with Gasteiger partial charge < -0.3 is 15.2 Å². The molecule has 2 atom stereocenters. The maximum absolute atomic E-state index is 5.84. The van der Waals surface area contributed by atoms with Gasteiger partial charge in [-0.25, -0.2) is 0 Å². The lowest BCUT2D eigenvalue weighted by Gasteiger charge is -2.23. The maximum atomic E-state index is 5.84. The number of benzene rings is 1.